The van der Waals surface area contributed by atoms with Crippen LogP contribution in [0.25, 0.3) is 0 Å². The smallest absolute Gasteiger partial charge is 0.319 e. The van der Waals surface area contributed by atoms with Gasteiger partial charge in [0.2, 0.25) is 5.91 Å². The number of hydrogen-bond acceptors (Lipinski definition) is 2. The van der Waals surface area contributed by atoms with Gasteiger partial charge in [-0.25, -0.2) is 0 Å². The highest BCUT2D eigenvalue weighted by Gasteiger charge is 2.50. The lowest BCUT2D eigenvalue weighted by Crippen LogP contribution is -2.60. The molecule has 1 N–H and O–H groups in total. The summed E-state index contributed by atoms with van der Waals surface area (Å²) in [5.41, 5.74) is -0.920. The standard InChI is InChI=1S/C14H17F2N3O2/c15-13(16)18-8-1-4-10(18)11(20)19-9-3-6-14(19)5-2-7-17-12(14)21/h1,4,8,13H,2-3,5-7,9H2,(H,17,21). The molecule has 2 aliphatic rings. The maximum atomic E-state index is 12.9. The molecule has 1 spiro atoms. The number of alkyl halides is 2. The first kappa shape index (κ1) is 14.0. The minimum absolute atomic E-state index is 0.0651. The molecule has 1 aromatic rings. The van der Waals surface area contributed by atoms with Gasteiger partial charge in [0, 0.05) is 19.3 Å². The average molecular weight is 297 g/mol. The van der Waals surface area contributed by atoms with Crippen molar-refractivity contribution in [2.75, 3.05) is 13.1 Å². The van der Waals surface area contributed by atoms with Crippen molar-refractivity contribution in [1.82, 2.24) is 14.8 Å². The van der Waals surface area contributed by atoms with E-state index >= 15 is 0 Å². The number of carbonyl (C=O) groups excluding carboxylic acids is 2. The van der Waals surface area contributed by atoms with Crippen molar-refractivity contribution < 1.29 is 18.4 Å². The van der Waals surface area contributed by atoms with Crippen molar-refractivity contribution >= 4 is 11.8 Å². The van der Waals surface area contributed by atoms with Crippen molar-refractivity contribution in [3.63, 3.8) is 0 Å². The fourth-order valence-electron chi connectivity index (χ4n) is 3.41. The van der Waals surface area contributed by atoms with Gasteiger partial charge in [-0.3, -0.25) is 14.2 Å². The van der Waals surface area contributed by atoms with Crippen molar-refractivity contribution in [1.29, 1.82) is 0 Å². The molecule has 7 heteroatoms. The predicted octanol–water partition coefficient (Wildman–Crippen LogP) is 1.77. The van der Waals surface area contributed by atoms with Gasteiger partial charge >= 0.3 is 6.55 Å². The lowest BCUT2D eigenvalue weighted by Gasteiger charge is -2.40. The van der Waals surface area contributed by atoms with Crippen LogP contribution >= 0.6 is 0 Å². The fourth-order valence-corrected chi connectivity index (χ4v) is 3.41. The number of nitrogens with one attached hydrogen (secondary N) is 1. The molecule has 3 heterocycles. The highest BCUT2D eigenvalue weighted by Crippen LogP contribution is 2.37. The molecule has 2 fully saturated rings. The normalized spacial score (nSPS) is 25.7. The van der Waals surface area contributed by atoms with Gasteiger partial charge in [-0.15, -0.1) is 0 Å². The quantitative estimate of drug-likeness (QED) is 0.904. The van der Waals surface area contributed by atoms with Gasteiger partial charge < -0.3 is 10.2 Å². The van der Waals surface area contributed by atoms with E-state index in [0.717, 1.165) is 6.42 Å². The van der Waals surface area contributed by atoms with Crippen LogP contribution in [0.1, 0.15) is 42.7 Å². The molecule has 3 rings (SSSR count). The monoisotopic (exact) mass is 297 g/mol. The number of hydrogen-bond donors (Lipinski definition) is 1. The molecule has 0 bridgehead atoms. The lowest BCUT2D eigenvalue weighted by atomic mass is 9.86. The molecule has 0 aliphatic carbocycles. The fraction of sp³-hybridized carbons (Fsp3) is 0.571. The summed E-state index contributed by atoms with van der Waals surface area (Å²) in [6.45, 7) is -1.73. The van der Waals surface area contributed by atoms with Crippen LogP contribution in [0.2, 0.25) is 0 Å². The molecule has 21 heavy (non-hydrogen) atoms. The maximum Gasteiger partial charge on any atom is 0.319 e. The van der Waals surface area contributed by atoms with E-state index in [4.69, 9.17) is 0 Å². The zero-order chi connectivity index (χ0) is 15.0. The molecule has 5 nitrogen and oxygen atoms in total. The molecule has 2 saturated heterocycles. The summed E-state index contributed by atoms with van der Waals surface area (Å²) < 4.78 is 26.5. The van der Waals surface area contributed by atoms with E-state index < -0.39 is 18.0 Å². The molecule has 0 aromatic carbocycles. The van der Waals surface area contributed by atoms with Gasteiger partial charge in [0.05, 0.1) is 0 Å². The molecule has 2 aliphatic heterocycles. The van der Waals surface area contributed by atoms with E-state index in [2.05, 4.69) is 5.32 Å². The number of piperidine rings is 1. The van der Waals surface area contributed by atoms with Gasteiger partial charge in [-0.05, 0) is 37.8 Å². The Morgan fingerprint density at radius 2 is 2.10 bits per heavy atom. The van der Waals surface area contributed by atoms with Crippen LogP contribution in [-0.4, -0.2) is 39.9 Å². The van der Waals surface area contributed by atoms with Gasteiger partial charge in [-0.2, -0.15) is 8.78 Å². The minimum Gasteiger partial charge on any atom is -0.354 e. The predicted molar refractivity (Wildman–Crippen MR) is 70.9 cm³/mol. The van der Waals surface area contributed by atoms with Crippen LogP contribution in [0.4, 0.5) is 8.78 Å². The Morgan fingerprint density at radius 3 is 2.81 bits per heavy atom. The van der Waals surface area contributed by atoms with Gasteiger partial charge in [0.15, 0.2) is 0 Å². The Kier molecular flexibility index (Phi) is 3.43. The Labute approximate surface area is 120 Å². The summed E-state index contributed by atoms with van der Waals surface area (Å²) in [7, 11) is 0. The molecule has 0 saturated carbocycles. The van der Waals surface area contributed by atoms with Crippen molar-refractivity contribution in [2.24, 2.45) is 0 Å². The Balaban J connectivity index is 1.93. The summed E-state index contributed by atoms with van der Waals surface area (Å²) in [6, 6.07) is 2.80. The van der Waals surface area contributed by atoms with Crippen LogP contribution in [0, 0.1) is 0 Å². The highest BCUT2D eigenvalue weighted by atomic mass is 19.3. The SMILES string of the molecule is O=C(c1cccn1C(F)F)N1CCCC12CCCNC2=O. The first-order valence-electron chi connectivity index (χ1n) is 7.11. The van der Waals surface area contributed by atoms with Crippen LogP contribution in [0.3, 0.4) is 0 Å². The molecule has 1 atom stereocenters. The van der Waals surface area contributed by atoms with E-state index in [1.807, 2.05) is 0 Å². The summed E-state index contributed by atoms with van der Waals surface area (Å²) >= 11 is 0. The first-order chi connectivity index (χ1) is 10.1. The largest absolute Gasteiger partial charge is 0.354 e. The summed E-state index contributed by atoms with van der Waals surface area (Å²) in [5, 5.41) is 2.79. The zero-order valence-corrected chi connectivity index (χ0v) is 11.5. The van der Waals surface area contributed by atoms with E-state index in [0.29, 0.717) is 36.9 Å². The average Bonchev–Trinajstić information content (AvgIpc) is 3.09. The highest BCUT2D eigenvalue weighted by molar-refractivity contribution is 5.99. The number of amides is 2. The number of rotatable bonds is 2. The van der Waals surface area contributed by atoms with Crippen LogP contribution in [0.15, 0.2) is 18.3 Å². The lowest BCUT2D eigenvalue weighted by molar-refractivity contribution is -0.133. The Bertz CT molecular complexity index is 572. The number of nitrogens with zero attached hydrogens (tertiary/aromatic N) is 2. The second-order valence-electron chi connectivity index (χ2n) is 5.53. The first-order valence-corrected chi connectivity index (χ1v) is 7.11. The minimum atomic E-state index is -2.77. The van der Waals surface area contributed by atoms with E-state index in [1.54, 1.807) is 0 Å². The number of likely N-dealkylation sites (tertiary alicyclic amines) is 1. The maximum absolute atomic E-state index is 12.9. The van der Waals surface area contributed by atoms with E-state index in [9.17, 15) is 18.4 Å². The second kappa shape index (κ2) is 5.13. The molecule has 1 unspecified atom stereocenters. The molecule has 1 aromatic heterocycles. The Hall–Kier alpha value is -1.92. The summed E-state index contributed by atoms with van der Waals surface area (Å²) in [6.07, 6.45) is 3.89. The van der Waals surface area contributed by atoms with Gasteiger partial charge in [0.1, 0.15) is 11.2 Å². The van der Waals surface area contributed by atoms with Crippen LogP contribution in [0.5, 0.6) is 0 Å². The Morgan fingerprint density at radius 1 is 1.33 bits per heavy atom. The summed E-state index contributed by atoms with van der Waals surface area (Å²) in [5.74, 6) is -0.649. The molecular weight excluding hydrogens is 280 g/mol. The topological polar surface area (TPSA) is 54.3 Å². The van der Waals surface area contributed by atoms with Crippen molar-refractivity contribution in [3.8, 4) is 0 Å². The third-order valence-electron chi connectivity index (χ3n) is 4.42. The third-order valence-corrected chi connectivity index (χ3v) is 4.42. The van der Waals surface area contributed by atoms with Crippen molar-refractivity contribution in [2.45, 2.75) is 37.8 Å². The summed E-state index contributed by atoms with van der Waals surface area (Å²) in [4.78, 5) is 26.4. The zero-order valence-electron chi connectivity index (χ0n) is 11.5. The van der Waals surface area contributed by atoms with Crippen LogP contribution in [-0.2, 0) is 4.79 Å². The molecule has 2 amide bonds. The number of aromatic nitrogens is 1. The van der Waals surface area contributed by atoms with Gasteiger partial charge in [0.25, 0.3) is 5.91 Å². The van der Waals surface area contributed by atoms with Crippen LogP contribution < -0.4 is 5.32 Å². The molecule has 114 valence electrons. The van der Waals surface area contributed by atoms with E-state index in [-0.39, 0.29) is 11.6 Å². The van der Waals surface area contributed by atoms with Gasteiger partial charge in [-0.1, -0.05) is 0 Å². The second-order valence-corrected chi connectivity index (χ2v) is 5.53. The number of carbonyl (C=O) groups is 2. The third kappa shape index (κ3) is 2.11. The molecular formula is C14H17F2N3O2. The molecule has 0 radical (unpaired) electrons. The number of halogens is 2. The van der Waals surface area contributed by atoms with E-state index in [1.165, 1.54) is 23.2 Å². The van der Waals surface area contributed by atoms with Crippen molar-refractivity contribution in [3.05, 3.63) is 24.0 Å².